The molecule has 3 nitrogen and oxygen atoms in total. The van der Waals surface area contributed by atoms with Crippen LogP contribution in [0.5, 0.6) is 0 Å². The van der Waals surface area contributed by atoms with Gasteiger partial charge in [-0.2, -0.15) is 0 Å². The molecule has 1 aliphatic rings. The smallest absolute Gasteiger partial charge is 0.0702 e. The Hall–Kier alpha value is -0.120. The third-order valence-corrected chi connectivity index (χ3v) is 3.17. The molecule has 14 heavy (non-hydrogen) atoms. The van der Waals surface area contributed by atoms with E-state index in [0.29, 0.717) is 6.10 Å². The summed E-state index contributed by atoms with van der Waals surface area (Å²) < 4.78 is 5.66. The van der Waals surface area contributed by atoms with Gasteiger partial charge in [0.2, 0.25) is 0 Å². The van der Waals surface area contributed by atoms with Crippen LogP contribution in [0.4, 0.5) is 0 Å². The summed E-state index contributed by atoms with van der Waals surface area (Å²) in [5.41, 5.74) is -0.138. The normalized spacial score (nSPS) is 24.2. The van der Waals surface area contributed by atoms with Crippen molar-refractivity contribution in [1.82, 2.24) is 4.90 Å². The highest BCUT2D eigenvalue weighted by atomic mass is 16.5. The number of likely N-dealkylation sites (N-methyl/N-ethyl adjacent to an activating group) is 1. The zero-order valence-corrected chi connectivity index (χ0v) is 9.62. The maximum atomic E-state index is 9.21. The lowest BCUT2D eigenvalue weighted by Crippen LogP contribution is -2.48. The van der Waals surface area contributed by atoms with Crippen LogP contribution in [0.15, 0.2) is 0 Å². The Morgan fingerprint density at radius 1 is 1.43 bits per heavy atom. The molecule has 1 saturated heterocycles. The van der Waals surface area contributed by atoms with Gasteiger partial charge < -0.3 is 9.84 Å². The zero-order chi connectivity index (χ0) is 10.6. The third-order valence-electron chi connectivity index (χ3n) is 3.17. The van der Waals surface area contributed by atoms with Crippen LogP contribution in [0.25, 0.3) is 0 Å². The summed E-state index contributed by atoms with van der Waals surface area (Å²) in [5.74, 6) is 0. The molecule has 1 fully saturated rings. The summed E-state index contributed by atoms with van der Waals surface area (Å²) >= 11 is 0. The molecule has 0 aromatic carbocycles. The van der Waals surface area contributed by atoms with E-state index >= 15 is 0 Å². The predicted molar refractivity (Wildman–Crippen MR) is 57.4 cm³/mol. The Morgan fingerprint density at radius 3 is 2.64 bits per heavy atom. The van der Waals surface area contributed by atoms with Crippen LogP contribution in [0.2, 0.25) is 0 Å². The molecule has 0 amide bonds. The van der Waals surface area contributed by atoms with Gasteiger partial charge in [0.15, 0.2) is 0 Å². The van der Waals surface area contributed by atoms with Crippen LogP contribution in [0, 0.1) is 0 Å². The number of nitrogens with zero attached hydrogens (tertiary/aromatic N) is 1. The van der Waals surface area contributed by atoms with Crippen molar-refractivity contribution in [3.63, 3.8) is 0 Å². The molecule has 1 aliphatic heterocycles. The number of aliphatic hydroxyl groups excluding tert-OH is 1. The van der Waals surface area contributed by atoms with E-state index in [4.69, 9.17) is 4.74 Å². The molecular weight excluding hydrogens is 178 g/mol. The molecule has 1 atom stereocenters. The minimum atomic E-state index is -0.138. The van der Waals surface area contributed by atoms with Crippen LogP contribution < -0.4 is 0 Å². The molecule has 0 spiro atoms. The third kappa shape index (κ3) is 3.23. The van der Waals surface area contributed by atoms with Gasteiger partial charge in [-0.3, -0.25) is 4.90 Å². The van der Waals surface area contributed by atoms with E-state index in [1.165, 1.54) is 12.8 Å². The molecule has 1 unspecified atom stereocenters. The Bertz CT molecular complexity index is 165. The molecular formula is C11H23NO2. The molecule has 84 valence electrons. The van der Waals surface area contributed by atoms with Gasteiger partial charge in [0, 0.05) is 18.7 Å². The number of hydrogen-bond donors (Lipinski definition) is 1. The van der Waals surface area contributed by atoms with Crippen molar-refractivity contribution < 1.29 is 9.84 Å². The Kier molecular flexibility index (Phi) is 4.35. The minimum Gasteiger partial charge on any atom is -0.394 e. The standard InChI is InChI=1S/C11H23NO2/c1-11(2,9-13)12(3)8-10-6-4-5-7-14-10/h10,13H,4-9H2,1-3H3. The summed E-state index contributed by atoms with van der Waals surface area (Å²) in [6, 6.07) is 0. The lowest BCUT2D eigenvalue weighted by molar-refractivity contribution is -0.0271. The lowest BCUT2D eigenvalue weighted by Gasteiger charge is -2.37. The summed E-state index contributed by atoms with van der Waals surface area (Å²) in [4.78, 5) is 2.18. The van der Waals surface area contributed by atoms with E-state index < -0.39 is 0 Å². The van der Waals surface area contributed by atoms with Gasteiger partial charge in [0.1, 0.15) is 0 Å². The Labute approximate surface area is 87.1 Å². The number of hydrogen-bond acceptors (Lipinski definition) is 3. The van der Waals surface area contributed by atoms with E-state index in [9.17, 15) is 5.11 Å². The second kappa shape index (κ2) is 5.10. The molecule has 0 bridgehead atoms. The van der Waals surface area contributed by atoms with Gasteiger partial charge in [-0.05, 0) is 40.2 Å². The largest absolute Gasteiger partial charge is 0.394 e. The van der Waals surface area contributed by atoms with Gasteiger partial charge in [0.25, 0.3) is 0 Å². The number of ether oxygens (including phenoxy) is 1. The first-order valence-corrected chi connectivity index (χ1v) is 5.50. The topological polar surface area (TPSA) is 32.7 Å². The van der Waals surface area contributed by atoms with E-state index in [1.807, 2.05) is 7.05 Å². The minimum absolute atomic E-state index is 0.138. The maximum absolute atomic E-state index is 9.21. The van der Waals surface area contributed by atoms with Crippen molar-refractivity contribution in [3.8, 4) is 0 Å². The molecule has 1 N–H and O–H groups in total. The van der Waals surface area contributed by atoms with Crippen LogP contribution in [-0.2, 0) is 4.74 Å². The van der Waals surface area contributed by atoms with Crippen molar-refractivity contribution in [2.75, 3.05) is 26.8 Å². The second-order valence-electron chi connectivity index (χ2n) is 4.84. The van der Waals surface area contributed by atoms with Crippen LogP contribution >= 0.6 is 0 Å². The van der Waals surface area contributed by atoms with Crippen molar-refractivity contribution >= 4 is 0 Å². The fourth-order valence-corrected chi connectivity index (χ4v) is 1.62. The average molecular weight is 201 g/mol. The van der Waals surface area contributed by atoms with Crippen molar-refractivity contribution in [3.05, 3.63) is 0 Å². The molecule has 0 aromatic heterocycles. The highest BCUT2D eigenvalue weighted by molar-refractivity contribution is 4.80. The van der Waals surface area contributed by atoms with Crippen LogP contribution in [0.3, 0.4) is 0 Å². The van der Waals surface area contributed by atoms with E-state index in [0.717, 1.165) is 19.6 Å². The fourth-order valence-electron chi connectivity index (χ4n) is 1.62. The quantitative estimate of drug-likeness (QED) is 0.743. The molecule has 0 saturated carbocycles. The van der Waals surface area contributed by atoms with Crippen molar-refractivity contribution in [1.29, 1.82) is 0 Å². The maximum Gasteiger partial charge on any atom is 0.0702 e. The average Bonchev–Trinajstić information content (AvgIpc) is 2.19. The zero-order valence-electron chi connectivity index (χ0n) is 9.62. The van der Waals surface area contributed by atoms with E-state index in [1.54, 1.807) is 0 Å². The summed E-state index contributed by atoms with van der Waals surface area (Å²) in [5, 5.41) is 9.21. The number of rotatable bonds is 4. The number of aliphatic hydroxyl groups is 1. The monoisotopic (exact) mass is 201 g/mol. The lowest BCUT2D eigenvalue weighted by atomic mass is 10.0. The highest BCUT2D eigenvalue weighted by Gasteiger charge is 2.25. The molecule has 1 heterocycles. The van der Waals surface area contributed by atoms with Gasteiger partial charge in [0.05, 0.1) is 12.7 Å². The highest BCUT2D eigenvalue weighted by Crippen LogP contribution is 2.17. The Morgan fingerprint density at radius 2 is 2.14 bits per heavy atom. The Balaban J connectivity index is 2.34. The van der Waals surface area contributed by atoms with E-state index in [-0.39, 0.29) is 12.1 Å². The molecule has 1 rings (SSSR count). The first-order valence-electron chi connectivity index (χ1n) is 5.50. The van der Waals surface area contributed by atoms with Crippen LogP contribution in [0.1, 0.15) is 33.1 Å². The fraction of sp³-hybridized carbons (Fsp3) is 1.00. The summed E-state index contributed by atoms with van der Waals surface area (Å²) in [7, 11) is 2.05. The molecule has 3 heteroatoms. The first-order chi connectivity index (χ1) is 6.56. The second-order valence-corrected chi connectivity index (χ2v) is 4.84. The van der Waals surface area contributed by atoms with Gasteiger partial charge in [-0.15, -0.1) is 0 Å². The van der Waals surface area contributed by atoms with E-state index in [2.05, 4.69) is 18.7 Å². The van der Waals surface area contributed by atoms with Gasteiger partial charge in [-0.25, -0.2) is 0 Å². The summed E-state index contributed by atoms with van der Waals surface area (Å²) in [6.07, 6.45) is 3.99. The van der Waals surface area contributed by atoms with Crippen molar-refractivity contribution in [2.45, 2.75) is 44.8 Å². The van der Waals surface area contributed by atoms with Crippen LogP contribution in [-0.4, -0.2) is 48.5 Å². The summed E-state index contributed by atoms with van der Waals surface area (Å²) in [6.45, 7) is 6.12. The van der Waals surface area contributed by atoms with Crippen molar-refractivity contribution in [2.24, 2.45) is 0 Å². The molecule has 0 aliphatic carbocycles. The van der Waals surface area contributed by atoms with Gasteiger partial charge >= 0.3 is 0 Å². The first kappa shape index (κ1) is 12.0. The molecule has 0 aromatic rings. The SMILES string of the molecule is CN(CC1CCCCO1)C(C)(C)CO. The van der Waals surface area contributed by atoms with Gasteiger partial charge in [-0.1, -0.05) is 0 Å². The molecule has 0 radical (unpaired) electrons. The predicted octanol–water partition coefficient (Wildman–Crippen LogP) is 1.26.